The summed E-state index contributed by atoms with van der Waals surface area (Å²) in [6.45, 7) is 11.1. The van der Waals surface area contributed by atoms with Crippen molar-refractivity contribution in [2.45, 2.75) is 39.8 Å². The maximum Gasteiger partial charge on any atom is 0.295 e. The second-order valence-electron chi connectivity index (χ2n) is 12.2. The Kier molecular flexibility index (Phi) is 11.0. The average molecular weight is 629 g/mol. The van der Waals surface area contributed by atoms with Crippen LogP contribution in [0.4, 0.5) is 0 Å². The molecular formula is C37H44N2O7. The third kappa shape index (κ3) is 7.71. The lowest BCUT2D eigenvalue weighted by atomic mass is 9.94. The molecule has 0 bridgehead atoms. The van der Waals surface area contributed by atoms with Gasteiger partial charge in [0.25, 0.3) is 11.7 Å². The molecule has 1 atom stereocenters. The number of hydrogen-bond acceptors (Lipinski definition) is 8. The first-order chi connectivity index (χ1) is 22.3. The van der Waals surface area contributed by atoms with Crippen LogP contribution in [0.5, 0.6) is 17.2 Å². The SMILES string of the molecule is COc1cc(C2C(=C(O)c3ccc(OCC(C)C)c(C)c3)C(=O)C(=O)N2CCCN2CCOCC2)ccc1OCc1ccccc1. The highest BCUT2D eigenvalue weighted by Gasteiger charge is 2.46. The molecule has 2 aliphatic heterocycles. The van der Waals surface area contributed by atoms with Gasteiger partial charge in [0.15, 0.2) is 11.5 Å². The zero-order chi connectivity index (χ0) is 32.6. The monoisotopic (exact) mass is 628 g/mol. The Labute approximate surface area is 271 Å². The quantitative estimate of drug-likeness (QED) is 0.145. The molecule has 5 rings (SSSR count). The van der Waals surface area contributed by atoms with Crippen LogP contribution < -0.4 is 14.2 Å². The molecule has 0 radical (unpaired) electrons. The van der Waals surface area contributed by atoms with Gasteiger partial charge in [-0.2, -0.15) is 0 Å². The molecule has 3 aromatic rings. The van der Waals surface area contributed by atoms with Gasteiger partial charge in [0, 0.05) is 31.7 Å². The van der Waals surface area contributed by atoms with Crippen LogP contribution in [-0.4, -0.2) is 79.7 Å². The van der Waals surface area contributed by atoms with Crippen LogP contribution in [0.2, 0.25) is 0 Å². The summed E-state index contributed by atoms with van der Waals surface area (Å²) in [6, 6.07) is 19.7. The highest BCUT2D eigenvalue weighted by atomic mass is 16.5. The van der Waals surface area contributed by atoms with Crippen molar-refractivity contribution in [1.82, 2.24) is 9.80 Å². The van der Waals surface area contributed by atoms with E-state index in [1.165, 1.54) is 0 Å². The molecule has 0 spiro atoms. The summed E-state index contributed by atoms with van der Waals surface area (Å²) in [4.78, 5) is 31.1. The van der Waals surface area contributed by atoms with Crippen molar-refractivity contribution in [3.63, 3.8) is 0 Å². The van der Waals surface area contributed by atoms with E-state index in [1.54, 1.807) is 42.3 Å². The molecule has 0 aromatic heterocycles. The summed E-state index contributed by atoms with van der Waals surface area (Å²) >= 11 is 0. The van der Waals surface area contributed by atoms with Crippen molar-refractivity contribution >= 4 is 17.4 Å². The van der Waals surface area contributed by atoms with Crippen LogP contribution >= 0.6 is 0 Å². The van der Waals surface area contributed by atoms with Crippen LogP contribution in [0.3, 0.4) is 0 Å². The topological polar surface area (TPSA) is 97.8 Å². The van der Waals surface area contributed by atoms with E-state index >= 15 is 0 Å². The van der Waals surface area contributed by atoms with E-state index in [0.29, 0.717) is 73.7 Å². The lowest BCUT2D eigenvalue weighted by molar-refractivity contribution is -0.140. The minimum Gasteiger partial charge on any atom is -0.507 e. The number of likely N-dealkylation sites (tertiary alicyclic amines) is 1. The van der Waals surface area contributed by atoms with E-state index in [2.05, 4.69) is 18.7 Å². The largest absolute Gasteiger partial charge is 0.507 e. The Hall–Kier alpha value is -4.34. The Morgan fingerprint density at radius 1 is 0.935 bits per heavy atom. The van der Waals surface area contributed by atoms with E-state index in [9.17, 15) is 14.7 Å². The van der Waals surface area contributed by atoms with Crippen molar-refractivity contribution in [3.05, 3.63) is 94.6 Å². The van der Waals surface area contributed by atoms with E-state index < -0.39 is 17.7 Å². The number of amides is 1. The standard InChI is InChI=1S/C37H44N2O7/c1-25(2)23-45-30-13-12-29(21-26(30)3)35(40)33-34(39(37(42)36(33)41)16-8-15-38-17-19-44-20-18-38)28-11-14-31(32(22-28)43-4)46-24-27-9-6-5-7-10-27/h5-7,9-14,21-22,25,34,40H,8,15-20,23-24H2,1-4H3. The van der Waals surface area contributed by atoms with Gasteiger partial charge in [0.2, 0.25) is 0 Å². The number of ketones is 1. The molecule has 2 saturated heterocycles. The minimum absolute atomic E-state index is 0.0478. The maximum atomic E-state index is 13.7. The summed E-state index contributed by atoms with van der Waals surface area (Å²) in [5.74, 6) is 0.503. The molecule has 1 unspecified atom stereocenters. The van der Waals surface area contributed by atoms with Gasteiger partial charge in [0.05, 0.1) is 38.5 Å². The molecule has 0 saturated carbocycles. The van der Waals surface area contributed by atoms with E-state index in [1.807, 2.05) is 43.3 Å². The van der Waals surface area contributed by atoms with Gasteiger partial charge >= 0.3 is 0 Å². The third-order valence-electron chi connectivity index (χ3n) is 8.28. The zero-order valence-corrected chi connectivity index (χ0v) is 27.2. The number of nitrogens with zero attached hydrogens (tertiary/aromatic N) is 2. The van der Waals surface area contributed by atoms with Gasteiger partial charge in [-0.3, -0.25) is 14.5 Å². The number of aryl methyl sites for hydroxylation is 1. The lowest BCUT2D eigenvalue weighted by Gasteiger charge is -2.29. The van der Waals surface area contributed by atoms with E-state index in [0.717, 1.165) is 30.8 Å². The maximum absolute atomic E-state index is 13.7. The Bertz CT molecular complexity index is 1550. The Morgan fingerprint density at radius 3 is 2.37 bits per heavy atom. The van der Waals surface area contributed by atoms with Crippen LogP contribution in [0.1, 0.15) is 48.6 Å². The number of carbonyl (C=O) groups excluding carboxylic acids is 2. The number of Topliss-reactive ketones (excluding diaryl/α,β-unsaturated/α-hetero) is 1. The van der Waals surface area contributed by atoms with Gasteiger partial charge in [-0.15, -0.1) is 0 Å². The molecule has 2 aliphatic rings. The zero-order valence-electron chi connectivity index (χ0n) is 27.2. The van der Waals surface area contributed by atoms with Gasteiger partial charge in [-0.05, 0) is 66.3 Å². The van der Waals surface area contributed by atoms with Crippen molar-refractivity contribution in [3.8, 4) is 17.2 Å². The minimum atomic E-state index is -0.807. The summed E-state index contributed by atoms with van der Waals surface area (Å²) in [5, 5.41) is 11.7. The highest BCUT2D eigenvalue weighted by molar-refractivity contribution is 6.46. The van der Waals surface area contributed by atoms with Gasteiger partial charge < -0.3 is 29.0 Å². The number of methoxy groups -OCH3 is 1. The lowest BCUT2D eigenvalue weighted by Crippen LogP contribution is -2.39. The second kappa shape index (κ2) is 15.3. The van der Waals surface area contributed by atoms with E-state index in [-0.39, 0.29) is 11.3 Å². The molecule has 1 amide bonds. The number of ether oxygens (including phenoxy) is 4. The molecule has 3 aromatic carbocycles. The first-order valence-electron chi connectivity index (χ1n) is 15.9. The first kappa shape index (κ1) is 33.0. The van der Waals surface area contributed by atoms with E-state index in [4.69, 9.17) is 18.9 Å². The molecular weight excluding hydrogens is 584 g/mol. The van der Waals surface area contributed by atoms with Crippen LogP contribution in [0.25, 0.3) is 5.76 Å². The summed E-state index contributed by atoms with van der Waals surface area (Å²) < 4.78 is 23.2. The third-order valence-corrected chi connectivity index (χ3v) is 8.28. The molecule has 244 valence electrons. The molecule has 0 aliphatic carbocycles. The van der Waals surface area contributed by atoms with Gasteiger partial charge in [-0.1, -0.05) is 50.2 Å². The Morgan fingerprint density at radius 2 is 1.67 bits per heavy atom. The molecule has 9 heteroatoms. The predicted molar refractivity (Wildman–Crippen MR) is 176 cm³/mol. The molecule has 9 nitrogen and oxygen atoms in total. The predicted octanol–water partition coefficient (Wildman–Crippen LogP) is 5.76. The normalized spacial score (nSPS) is 18.3. The number of aliphatic hydroxyl groups excluding tert-OH is 1. The van der Waals surface area contributed by atoms with Gasteiger partial charge in [0.1, 0.15) is 18.1 Å². The number of morpholine rings is 1. The van der Waals surface area contributed by atoms with Crippen LogP contribution in [-0.2, 0) is 20.9 Å². The number of hydrogen-bond donors (Lipinski definition) is 1. The smallest absolute Gasteiger partial charge is 0.295 e. The second-order valence-corrected chi connectivity index (χ2v) is 12.2. The fraction of sp³-hybridized carbons (Fsp3) is 0.405. The number of benzene rings is 3. The van der Waals surface area contributed by atoms with Crippen molar-refractivity contribution in [1.29, 1.82) is 0 Å². The fourth-order valence-electron chi connectivity index (χ4n) is 5.83. The van der Waals surface area contributed by atoms with Crippen LogP contribution in [0.15, 0.2) is 72.3 Å². The van der Waals surface area contributed by atoms with Crippen molar-refractivity contribution in [2.75, 3.05) is 53.1 Å². The highest BCUT2D eigenvalue weighted by Crippen LogP contribution is 2.42. The summed E-state index contributed by atoms with van der Waals surface area (Å²) in [5.41, 5.74) is 2.97. The number of aliphatic hydroxyl groups is 1. The first-order valence-corrected chi connectivity index (χ1v) is 15.9. The molecule has 46 heavy (non-hydrogen) atoms. The van der Waals surface area contributed by atoms with Crippen LogP contribution in [0, 0.1) is 12.8 Å². The molecule has 1 N–H and O–H groups in total. The van der Waals surface area contributed by atoms with Crippen molar-refractivity contribution in [2.24, 2.45) is 5.92 Å². The Balaban J connectivity index is 1.48. The molecule has 2 heterocycles. The van der Waals surface area contributed by atoms with Crippen molar-refractivity contribution < 1.29 is 33.6 Å². The number of rotatable bonds is 13. The summed E-state index contributed by atoms with van der Waals surface area (Å²) in [7, 11) is 1.56. The van der Waals surface area contributed by atoms with Gasteiger partial charge in [-0.25, -0.2) is 0 Å². The fourth-order valence-corrected chi connectivity index (χ4v) is 5.83. The molecule has 2 fully saturated rings. The number of carbonyl (C=O) groups is 2. The average Bonchev–Trinajstić information content (AvgIpc) is 3.32. The summed E-state index contributed by atoms with van der Waals surface area (Å²) in [6.07, 6.45) is 0.667.